The van der Waals surface area contributed by atoms with Gasteiger partial charge in [0.1, 0.15) is 11.4 Å². The summed E-state index contributed by atoms with van der Waals surface area (Å²) >= 11 is 0. The second-order valence-electron chi connectivity index (χ2n) is 3.73. The number of anilines is 1. The quantitative estimate of drug-likeness (QED) is 0.896. The van der Waals surface area contributed by atoms with Crippen LogP contribution in [0.2, 0.25) is 0 Å². The Morgan fingerprint density at radius 2 is 1.89 bits per heavy atom. The topological polar surface area (TPSA) is 64.1 Å². The number of carbonyl (C=O) groups excluding carboxylic acids is 1. The molecule has 1 heterocycles. The van der Waals surface area contributed by atoms with E-state index in [-0.39, 0.29) is 11.6 Å². The van der Waals surface area contributed by atoms with Gasteiger partial charge in [-0.05, 0) is 31.2 Å². The number of ether oxygens (including phenoxy) is 1. The summed E-state index contributed by atoms with van der Waals surface area (Å²) in [7, 11) is 1.59. The smallest absolute Gasteiger partial charge is 0.275 e. The molecular weight excluding hydrogens is 230 g/mol. The molecule has 1 N–H and O–H groups in total. The number of aromatic nitrogens is 2. The molecule has 0 aliphatic heterocycles. The summed E-state index contributed by atoms with van der Waals surface area (Å²) in [5, 5.41) is 2.73. The Bertz CT molecular complexity index is 535. The molecule has 18 heavy (non-hydrogen) atoms. The molecule has 0 saturated carbocycles. The van der Waals surface area contributed by atoms with Crippen molar-refractivity contribution in [3.63, 3.8) is 0 Å². The van der Waals surface area contributed by atoms with Crippen LogP contribution in [0.4, 0.5) is 5.69 Å². The van der Waals surface area contributed by atoms with Gasteiger partial charge < -0.3 is 10.1 Å². The van der Waals surface area contributed by atoms with E-state index < -0.39 is 0 Å². The molecule has 0 atom stereocenters. The van der Waals surface area contributed by atoms with Crippen LogP contribution in [0.1, 0.15) is 16.2 Å². The lowest BCUT2D eigenvalue weighted by Gasteiger charge is -2.05. The number of hydrogen-bond acceptors (Lipinski definition) is 4. The maximum Gasteiger partial charge on any atom is 0.275 e. The Hall–Kier alpha value is -2.43. The number of aryl methyl sites for hydroxylation is 1. The molecule has 1 amide bonds. The van der Waals surface area contributed by atoms with Gasteiger partial charge in [-0.1, -0.05) is 0 Å². The van der Waals surface area contributed by atoms with Crippen molar-refractivity contribution in [3.8, 4) is 5.75 Å². The number of carbonyl (C=O) groups is 1. The number of rotatable bonds is 3. The average molecular weight is 243 g/mol. The molecule has 0 fully saturated rings. The predicted octanol–water partition coefficient (Wildman–Crippen LogP) is 2.05. The van der Waals surface area contributed by atoms with E-state index in [4.69, 9.17) is 4.74 Å². The number of nitrogens with zero attached hydrogens (tertiary/aromatic N) is 2. The van der Waals surface area contributed by atoms with Crippen molar-refractivity contribution in [2.45, 2.75) is 6.92 Å². The Morgan fingerprint density at radius 3 is 2.44 bits per heavy atom. The van der Waals surface area contributed by atoms with Crippen LogP contribution in [0.5, 0.6) is 5.75 Å². The van der Waals surface area contributed by atoms with Gasteiger partial charge in [0.15, 0.2) is 0 Å². The van der Waals surface area contributed by atoms with Crippen LogP contribution in [0.3, 0.4) is 0 Å². The number of amides is 1. The van der Waals surface area contributed by atoms with Crippen molar-refractivity contribution in [2.24, 2.45) is 0 Å². The van der Waals surface area contributed by atoms with E-state index in [0.29, 0.717) is 5.69 Å². The maximum absolute atomic E-state index is 11.8. The summed E-state index contributed by atoms with van der Waals surface area (Å²) in [6, 6.07) is 7.07. The van der Waals surface area contributed by atoms with Gasteiger partial charge in [-0.25, -0.2) is 4.98 Å². The maximum atomic E-state index is 11.8. The molecule has 0 aliphatic rings. The van der Waals surface area contributed by atoms with Crippen LogP contribution in [0.15, 0.2) is 36.7 Å². The molecule has 1 aromatic heterocycles. The van der Waals surface area contributed by atoms with E-state index in [0.717, 1.165) is 11.4 Å². The molecule has 92 valence electrons. The molecule has 1 aromatic carbocycles. The molecule has 5 nitrogen and oxygen atoms in total. The first-order valence-corrected chi connectivity index (χ1v) is 5.43. The zero-order chi connectivity index (χ0) is 13.0. The van der Waals surface area contributed by atoms with E-state index in [1.165, 1.54) is 6.20 Å². The fraction of sp³-hybridized carbons (Fsp3) is 0.154. The standard InChI is InChI=1S/C13H13N3O2/c1-9-7-15-12(8-14-9)13(17)16-10-3-5-11(18-2)6-4-10/h3-8H,1-2H3,(H,16,17). The van der Waals surface area contributed by atoms with Crippen LogP contribution in [0, 0.1) is 6.92 Å². The van der Waals surface area contributed by atoms with E-state index in [9.17, 15) is 4.79 Å². The van der Waals surface area contributed by atoms with Crippen molar-refractivity contribution in [1.82, 2.24) is 9.97 Å². The van der Waals surface area contributed by atoms with Gasteiger partial charge in [-0.2, -0.15) is 0 Å². The molecule has 0 spiro atoms. The van der Waals surface area contributed by atoms with Crippen molar-refractivity contribution >= 4 is 11.6 Å². The first-order valence-electron chi connectivity index (χ1n) is 5.43. The first kappa shape index (κ1) is 12.0. The van der Waals surface area contributed by atoms with E-state index in [1.807, 2.05) is 6.92 Å². The third-order valence-electron chi connectivity index (χ3n) is 2.36. The van der Waals surface area contributed by atoms with Crippen molar-refractivity contribution < 1.29 is 9.53 Å². The number of methoxy groups -OCH3 is 1. The van der Waals surface area contributed by atoms with Crippen LogP contribution >= 0.6 is 0 Å². The average Bonchev–Trinajstić information content (AvgIpc) is 2.40. The number of nitrogens with one attached hydrogen (secondary N) is 1. The molecule has 0 saturated heterocycles. The Morgan fingerprint density at radius 1 is 1.17 bits per heavy atom. The zero-order valence-electron chi connectivity index (χ0n) is 10.2. The van der Waals surface area contributed by atoms with Crippen molar-refractivity contribution in [1.29, 1.82) is 0 Å². The first-order chi connectivity index (χ1) is 8.69. The van der Waals surface area contributed by atoms with Gasteiger partial charge in [0.25, 0.3) is 5.91 Å². The zero-order valence-corrected chi connectivity index (χ0v) is 10.2. The van der Waals surface area contributed by atoms with Gasteiger partial charge in [-0.3, -0.25) is 9.78 Å². The third-order valence-corrected chi connectivity index (χ3v) is 2.36. The molecule has 2 rings (SSSR count). The highest BCUT2D eigenvalue weighted by Gasteiger charge is 2.07. The lowest BCUT2D eigenvalue weighted by atomic mass is 10.3. The summed E-state index contributed by atoms with van der Waals surface area (Å²) in [6.45, 7) is 1.82. The summed E-state index contributed by atoms with van der Waals surface area (Å²) in [6.07, 6.45) is 3.01. The van der Waals surface area contributed by atoms with E-state index in [1.54, 1.807) is 37.6 Å². The molecule has 0 aliphatic carbocycles. The van der Waals surface area contributed by atoms with Crippen molar-refractivity contribution in [2.75, 3.05) is 12.4 Å². The van der Waals surface area contributed by atoms with Gasteiger partial charge in [-0.15, -0.1) is 0 Å². The minimum absolute atomic E-state index is 0.285. The highest BCUT2D eigenvalue weighted by atomic mass is 16.5. The monoisotopic (exact) mass is 243 g/mol. The van der Waals surface area contributed by atoms with Gasteiger partial charge in [0.2, 0.25) is 0 Å². The molecule has 0 bridgehead atoms. The van der Waals surface area contributed by atoms with Gasteiger partial charge in [0, 0.05) is 11.9 Å². The normalized spacial score (nSPS) is 9.89. The van der Waals surface area contributed by atoms with Gasteiger partial charge in [0.05, 0.1) is 19.0 Å². The van der Waals surface area contributed by atoms with Crippen LogP contribution < -0.4 is 10.1 Å². The minimum Gasteiger partial charge on any atom is -0.497 e. The molecular formula is C13H13N3O2. The highest BCUT2D eigenvalue weighted by molar-refractivity contribution is 6.02. The van der Waals surface area contributed by atoms with Crippen LogP contribution in [-0.2, 0) is 0 Å². The fourth-order valence-corrected chi connectivity index (χ4v) is 1.38. The van der Waals surface area contributed by atoms with Gasteiger partial charge >= 0.3 is 0 Å². The summed E-state index contributed by atoms with van der Waals surface area (Å²) in [5.41, 5.74) is 1.75. The van der Waals surface area contributed by atoms with E-state index >= 15 is 0 Å². The number of hydrogen-bond donors (Lipinski definition) is 1. The second-order valence-corrected chi connectivity index (χ2v) is 3.73. The molecule has 2 aromatic rings. The second kappa shape index (κ2) is 5.27. The minimum atomic E-state index is -0.285. The predicted molar refractivity (Wildman–Crippen MR) is 67.7 cm³/mol. The lowest BCUT2D eigenvalue weighted by molar-refractivity contribution is 0.102. The largest absolute Gasteiger partial charge is 0.497 e. The molecule has 0 unspecified atom stereocenters. The fourth-order valence-electron chi connectivity index (χ4n) is 1.38. The summed E-state index contributed by atoms with van der Waals surface area (Å²) in [5.74, 6) is 0.454. The Balaban J connectivity index is 2.08. The molecule has 5 heteroatoms. The summed E-state index contributed by atoms with van der Waals surface area (Å²) in [4.78, 5) is 19.9. The third kappa shape index (κ3) is 2.82. The highest BCUT2D eigenvalue weighted by Crippen LogP contribution is 2.15. The van der Waals surface area contributed by atoms with E-state index in [2.05, 4.69) is 15.3 Å². The van der Waals surface area contributed by atoms with Crippen molar-refractivity contribution in [3.05, 3.63) is 48.0 Å². The summed E-state index contributed by atoms with van der Waals surface area (Å²) < 4.78 is 5.04. The Labute approximate surface area is 105 Å². The number of benzene rings is 1. The SMILES string of the molecule is COc1ccc(NC(=O)c2cnc(C)cn2)cc1. The lowest BCUT2D eigenvalue weighted by Crippen LogP contribution is -2.14. The van der Waals surface area contributed by atoms with Crippen LogP contribution in [-0.4, -0.2) is 23.0 Å². The molecule has 0 radical (unpaired) electrons. The Kier molecular flexibility index (Phi) is 3.52. The van der Waals surface area contributed by atoms with Crippen LogP contribution in [0.25, 0.3) is 0 Å².